The highest BCUT2D eigenvalue weighted by Crippen LogP contribution is 2.12. The zero-order valence-electron chi connectivity index (χ0n) is 9.85. The Morgan fingerprint density at radius 3 is 3.12 bits per heavy atom. The molecule has 2 heterocycles. The van der Waals surface area contributed by atoms with Crippen molar-refractivity contribution >= 4 is 11.7 Å². The lowest BCUT2D eigenvalue weighted by molar-refractivity contribution is -0.116. The van der Waals surface area contributed by atoms with Crippen molar-refractivity contribution in [1.29, 1.82) is 0 Å². The molecular weight excluding hydrogens is 216 g/mol. The molecule has 0 bridgehead atoms. The van der Waals surface area contributed by atoms with Crippen LogP contribution in [-0.4, -0.2) is 28.5 Å². The third-order valence-corrected chi connectivity index (χ3v) is 2.96. The van der Waals surface area contributed by atoms with Gasteiger partial charge in [0, 0.05) is 24.9 Å². The fourth-order valence-electron chi connectivity index (χ4n) is 2.04. The molecule has 0 saturated carbocycles. The van der Waals surface area contributed by atoms with Crippen LogP contribution in [0, 0.1) is 0 Å². The second kappa shape index (κ2) is 6.30. The molecule has 2 rings (SSSR count). The van der Waals surface area contributed by atoms with Crippen LogP contribution in [0.3, 0.4) is 0 Å². The number of nitrogens with zero attached hydrogens (tertiary/aromatic N) is 2. The Kier molecular flexibility index (Phi) is 4.44. The van der Waals surface area contributed by atoms with Crippen LogP contribution in [0.25, 0.3) is 0 Å². The molecule has 1 atom stereocenters. The molecular formula is C12H18N4O. The molecule has 17 heavy (non-hydrogen) atoms. The summed E-state index contributed by atoms with van der Waals surface area (Å²) >= 11 is 0. The SMILES string of the molecule is O=C(CCC1CCCCN1)Nc1cnccn1. The van der Waals surface area contributed by atoms with Crippen LogP contribution in [0.5, 0.6) is 0 Å². The smallest absolute Gasteiger partial charge is 0.225 e. The Morgan fingerprint density at radius 1 is 1.47 bits per heavy atom. The van der Waals surface area contributed by atoms with Crippen LogP contribution in [-0.2, 0) is 4.79 Å². The molecule has 1 unspecified atom stereocenters. The Labute approximate surface area is 101 Å². The van der Waals surface area contributed by atoms with E-state index in [0.29, 0.717) is 18.3 Å². The molecule has 1 amide bonds. The first-order valence-corrected chi connectivity index (χ1v) is 6.14. The van der Waals surface area contributed by atoms with Crippen LogP contribution in [0.1, 0.15) is 32.1 Å². The molecule has 0 spiro atoms. The van der Waals surface area contributed by atoms with Crippen molar-refractivity contribution in [1.82, 2.24) is 15.3 Å². The molecule has 5 heteroatoms. The van der Waals surface area contributed by atoms with Gasteiger partial charge in [-0.1, -0.05) is 6.42 Å². The normalized spacial score (nSPS) is 19.9. The van der Waals surface area contributed by atoms with Gasteiger partial charge in [-0.05, 0) is 25.8 Å². The summed E-state index contributed by atoms with van der Waals surface area (Å²) in [5.74, 6) is 0.534. The van der Waals surface area contributed by atoms with Crippen LogP contribution >= 0.6 is 0 Å². The summed E-state index contributed by atoms with van der Waals surface area (Å²) in [4.78, 5) is 19.5. The van der Waals surface area contributed by atoms with E-state index in [-0.39, 0.29) is 5.91 Å². The van der Waals surface area contributed by atoms with Crippen molar-refractivity contribution in [3.05, 3.63) is 18.6 Å². The topological polar surface area (TPSA) is 66.9 Å². The number of carbonyl (C=O) groups is 1. The van der Waals surface area contributed by atoms with Crippen molar-refractivity contribution < 1.29 is 4.79 Å². The van der Waals surface area contributed by atoms with Gasteiger partial charge in [-0.2, -0.15) is 0 Å². The quantitative estimate of drug-likeness (QED) is 0.825. The molecule has 2 N–H and O–H groups in total. The number of anilines is 1. The van der Waals surface area contributed by atoms with E-state index in [1.54, 1.807) is 18.6 Å². The van der Waals surface area contributed by atoms with Gasteiger partial charge in [0.05, 0.1) is 6.20 Å². The molecule has 92 valence electrons. The summed E-state index contributed by atoms with van der Waals surface area (Å²) in [5, 5.41) is 6.17. The second-order valence-corrected chi connectivity index (χ2v) is 4.32. The summed E-state index contributed by atoms with van der Waals surface area (Å²) in [5.41, 5.74) is 0. The lowest BCUT2D eigenvalue weighted by Gasteiger charge is -2.22. The fourth-order valence-corrected chi connectivity index (χ4v) is 2.04. The summed E-state index contributed by atoms with van der Waals surface area (Å²) < 4.78 is 0. The molecule has 0 aliphatic carbocycles. The first-order chi connectivity index (χ1) is 8.34. The lowest BCUT2D eigenvalue weighted by atomic mass is 10.0. The van der Waals surface area contributed by atoms with Gasteiger partial charge >= 0.3 is 0 Å². The minimum atomic E-state index is 0.0119. The molecule has 0 aromatic carbocycles. The molecule has 1 aliphatic rings. The summed E-state index contributed by atoms with van der Waals surface area (Å²) in [6.45, 7) is 1.08. The second-order valence-electron chi connectivity index (χ2n) is 4.32. The van der Waals surface area contributed by atoms with Crippen molar-refractivity contribution in [3.8, 4) is 0 Å². The molecule has 1 fully saturated rings. The highest BCUT2D eigenvalue weighted by molar-refractivity contribution is 5.89. The largest absolute Gasteiger partial charge is 0.314 e. The first-order valence-electron chi connectivity index (χ1n) is 6.14. The van der Waals surface area contributed by atoms with Gasteiger partial charge in [0.1, 0.15) is 0 Å². The minimum Gasteiger partial charge on any atom is -0.314 e. The minimum absolute atomic E-state index is 0.0119. The van der Waals surface area contributed by atoms with Crippen molar-refractivity contribution in [2.75, 3.05) is 11.9 Å². The van der Waals surface area contributed by atoms with E-state index in [0.717, 1.165) is 13.0 Å². The number of aromatic nitrogens is 2. The fraction of sp³-hybridized carbons (Fsp3) is 0.583. The van der Waals surface area contributed by atoms with Gasteiger partial charge in [0.25, 0.3) is 0 Å². The number of piperidine rings is 1. The monoisotopic (exact) mass is 234 g/mol. The van der Waals surface area contributed by atoms with Gasteiger partial charge in [0.2, 0.25) is 5.91 Å². The molecule has 1 saturated heterocycles. The van der Waals surface area contributed by atoms with Crippen LogP contribution in [0.4, 0.5) is 5.82 Å². The van der Waals surface area contributed by atoms with Gasteiger partial charge in [-0.15, -0.1) is 0 Å². The Bertz CT molecular complexity index is 349. The standard InChI is InChI=1S/C12H18N4O/c17-12(16-11-9-13-7-8-15-11)5-4-10-3-1-2-6-14-10/h7-10,14H,1-6H2,(H,15,16,17). The van der Waals surface area contributed by atoms with Crippen LogP contribution in [0.2, 0.25) is 0 Å². The van der Waals surface area contributed by atoms with E-state index in [9.17, 15) is 4.79 Å². The van der Waals surface area contributed by atoms with Gasteiger partial charge in [0.15, 0.2) is 5.82 Å². The predicted octanol–water partition coefficient (Wildman–Crippen LogP) is 1.34. The van der Waals surface area contributed by atoms with Crippen LogP contribution < -0.4 is 10.6 Å². The zero-order chi connectivity index (χ0) is 11.9. The molecule has 1 aromatic heterocycles. The number of rotatable bonds is 4. The maximum absolute atomic E-state index is 11.6. The number of nitrogens with one attached hydrogen (secondary N) is 2. The zero-order valence-corrected chi connectivity index (χ0v) is 9.85. The third kappa shape index (κ3) is 4.11. The van der Waals surface area contributed by atoms with Crippen LogP contribution in [0.15, 0.2) is 18.6 Å². The number of hydrogen-bond donors (Lipinski definition) is 2. The van der Waals surface area contributed by atoms with E-state index >= 15 is 0 Å². The molecule has 5 nitrogen and oxygen atoms in total. The van der Waals surface area contributed by atoms with Gasteiger partial charge in [-0.25, -0.2) is 4.98 Å². The number of carbonyl (C=O) groups excluding carboxylic acids is 1. The van der Waals surface area contributed by atoms with Gasteiger partial charge in [-0.3, -0.25) is 9.78 Å². The Morgan fingerprint density at radius 2 is 2.41 bits per heavy atom. The molecule has 0 radical (unpaired) electrons. The summed E-state index contributed by atoms with van der Waals surface area (Å²) in [6.07, 6.45) is 9.83. The molecule has 1 aliphatic heterocycles. The van der Waals surface area contributed by atoms with Crippen molar-refractivity contribution in [2.45, 2.75) is 38.1 Å². The average Bonchev–Trinajstić information content (AvgIpc) is 2.39. The highest BCUT2D eigenvalue weighted by Gasteiger charge is 2.14. The maximum Gasteiger partial charge on any atom is 0.225 e. The van der Waals surface area contributed by atoms with Gasteiger partial charge < -0.3 is 10.6 Å². The van der Waals surface area contributed by atoms with E-state index in [2.05, 4.69) is 20.6 Å². The number of amides is 1. The average molecular weight is 234 g/mol. The lowest BCUT2D eigenvalue weighted by Crippen LogP contribution is -2.34. The van der Waals surface area contributed by atoms with E-state index in [1.165, 1.54) is 19.3 Å². The number of hydrogen-bond acceptors (Lipinski definition) is 4. The van der Waals surface area contributed by atoms with E-state index < -0.39 is 0 Å². The Hall–Kier alpha value is -1.49. The first kappa shape index (κ1) is 12.0. The Balaban J connectivity index is 1.70. The van der Waals surface area contributed by atoms with Crippen molar-refractivity contribution in [3.63, 3.8) is 0 Å². The van der Waals surface area contributed by atoms with E-state index in [1.807, 2.05) is 0 Å². The van der Waals surface area contributed by atoms with E-state index in [4.69, 9.17) is 0 Å². The molecule has 1 aromatic rings. The summed E-state index contributed by atoms with van der Waals surface area (Å²) in [6, 6.07) is 0.497. The maximum atomic E-state index is 11.6. The third-order valence-electron chi connectivity index (χ3n) is 2.96. The highest BCUT2D eigenvalue weighted by atomic mass is 16.1. The van der Waals surface area contributed by atoms with Crippen molar-refractivity contribution in [2.24, 2.45) is 0 Å². The predicted molar refractivity (Wildman–Crippen MR) is 65.5 cm³/mol. The summed E-state index contributed by atoms with van der Waals surface area (Å²) in [7, 11) is 0.